The van der Waals surface area contributed by atoms with Gasteiger partial charge in [0.15, 0.2) is 0 Å². The van der Waals surface area contributed by atoms with E-state index in [9.17, 15) is 14.4 Å². The summed E-state index contributed by atoms with van der Waals surface area (Å²) >= 11 is 0. The molecular formula is C17H21O3P. The second-order valence-corrected chi connectivity index (χ2v) is 7.14. The summed E-state index contributed by atoms with van der Waals surface area (Å²) in [6.07, 6.45) is 2.09. The topological polar surface area (TPSA) is 57.5 Å². The van der Waals surface area contributed by atoms with Crippen LogP contribution in [0.5, 0.6) is 0 Å². The van der Waals surface area contributed by atoms with Gasteiger partial charge in [0.05, 0.1) is 5.66 Å². The second-order valence-electron chi connectivity index (χ2n) is 5.33. The highest BCUT2D eigenvalue weighted by Crippen LogP contribution is 2.54. The zero-order chi connectivity index (χ0) is 15.3. The van der Waals surface area contributed by atoms with Crippen molar-refractivity contribution in [3.63, 3.8) is 0 Å². The summed E-state index contributed by atoms with van der Waals surface area (Å²) in [6, 6.07) is 17.2. The Morgan fingerprint density at radius 1 is 1.00 bits per heavy atom. The van der Waals surface area contributed by atoms with Gasteiger partial charge in [-0.2, -0.15) is 0 Å². The van der Waals surface area contributed by atoms with Gasteiger partial charge in [-0.15, -0.1) is 0 Å². The smallest absolute Gasteiger partial charge is 0.324 e. The first-order valence-electron chi connectivity index (χ1n) is 7.13. The maximum atomic E-state index is 11.7. The Hall–Kier alpha value is -1.41. The van der Waals surface area contributed by atoms with Crippen LogP contribution in [0.25, 0.3) is 0 Å². The van der Waals surface area contributed by atoms with Crippen LogP contribution in [-0.2, 0) is 11.0 Å². The quantitative estimate of drug-likeness (QED) is 0.785. The highest BCUT2D eigenvalue weighted by molar-refractivity contribution is 7.52. The predicted molar refractivity (Wildman–Crippen MR) is 85.3 cm³/mol. The number of benzene rings is 2. The molecule has 4 heteroatoms. The Labute approximate surface area is 125 Å². The fraction of sp³-hybridized carbons (Fsp3) is 0.294. The van der Waals surface area contributed by atoms with Gasteiger partial charge in [0.2, 0.25) is 0 Å². The van der Waals surface area contributed by atoms with Crippen molar-refractivity contribution in [3.05, 3.63) is 71.3 Å². The van der Waals surface area contributed by atoms with Crippen LogP contribution in [0.3, 0.4) is 0 Å². The maximum absolute atomic E-state index is 11.7. The third-order valence-corrected chi connectivity index (χ3v) is 5.14. The third kappa shape index (κ3) is 4.53. The van der Waals surface area contributed by atoms with Gasteiger partial charge in [0.1, 0.15) is 0 Å². The molecule has 0 aliphatic rings. The van der Waals surface area contributed by atoms with Crippen LogP contribution in [-0.4, -0.2) is 9.79 Å². The lowest BCUT2D eigenvalue weighted by Gasteiger charge is -2.19. The zero-order valence-corrected chi connectivity index (χ0v) is 13.0. The van der Waals surface area contributed by atoms with Gasteiger partial charge in [-0.05, 0) is 42.9 Å². The highest BCUT2D eigenvalue weighted by atomic mass is 31.2. The van der Waals surface area contributed by atoms with Crippen molar-refractivity contribution < 1.29 is 14.4 Å². The molecule has 1 unspecified atom stereocenters. The highest BCUT2D eigenvalue weighted by Gasteiger charge is 2.29. The number of rotatable bonds is 6. The average molecular weight is 304 g/mol. The van der Waals surface area contributed by atoms with Crippen molar-refractivity contribution in [2.24, 2.45) is 0 Å². The van der Waals surface area contributed by atoms with Crippen molar-refractivity contribution in [2.75, 3.05) is 0 Å². The SMILES string of the molecule is Cc1ccccc1CCCC(c1ccccc1)P(=O)(O)O. The molecule has 0 saturated heterocycles. The molecule has 2 rings (SSSR count). The molecule has 0 amide bonds. The Balaban J connectivity index is 2.04. The Bertz CT molecular complexity index is 619. The molecule has 1 atom stereocenters. The molecule has 0 bridgehead atoms. The van der Waals surface area contributed by atoms with Crippen molar-refractivity contribution in [1.82, 2.24) is 0 Å². The van der Waals surface area contributed by atoms with E-state index in [4.69, 9.17) is 0 Å². The first-order chi connectivity index (χ1) is 9.98. The summed E-state index contributed by atoms with van der Waals surface area (Å²) in [5, 5.41) is 0. The fourth-order valence-electron chi connectivity index (χ4n) is 2.58. The van der Waals surface area contributed by atoms with E-state index in [0.29, 0.717) is 6.42 Å². The van der Waals surface area contributed by atoms with E-state index in [2.05, 4.69) is 19.1 Å². The maximum Gasteiger partial charge on any atom is 0.332 e. The summed E-state index contributed by atoms with van der Waals surface area (Å²) in [5.74, 6) is 0. The normalized spacial score (nSPS) is 13.1. The molecule has 0 spiro atoms. The summed E-state index contributed by atoms with van der Waals surface area (Å²) in [4.78, 5) is 19.2. The molecule has 2 aromatic rings. The van der Waals surface area contributed by atoms with Crippen molar-refractivity contribution in [2.45, 2.75) is 31.8 Å². The first kappa shape index (κ1) is 16.0. The van der Waals surface area contributed by atoms with Gasteiger partial charge in [-0.25, -0.2) is 0 Å². The fourth-order valence-corrected chi connectivity index (χ4v) is 3.66. The summed E-state index contributed by atoms with van der Waals surface area (Å²) in [7, 11) is -4.13. The Morgan fingerprint density at radius 2 is 1.62 bits per heavy atom. The molecule has 2 N–H and O–H groups in total. The molecule has 112 valence electrons. The van der Waals surface area contributed by atoms with Gasteiger partial charge in [-0.1, -0.05) is 54.6 Å². The molecule has 21 heavy (non-hydrogen) atoms. The van der Waals surface area contributed by atoms with Crippen LogP contribution < -0.4 is 0 Å². The minimum Gasteiger partial charge on any atom is -0.324 e. The minimum absolute atomic E-state index is 0.489. The van der Waals surface area contributed by atoms with Gasteiger partial charge < -0.3 is 9.79 Å². The minimum atomic E-state index is -4.13. The van der Waals surface area contributed by atoms with Crippen LogP contribution in [0.2, 0.25) is 0 Å². The van der Waals surface area contributed by atoms with Gasteiger partial charge >= 0.3 is 7.60 Å². The molecule has 0 aromatic heterocycles. The summed E-state index contributed by atoms with van der Waals surface area (Å²) < 4.78 is 11.7. The molecule has 0 radical (unpaired) electrons. The molecule has 0 heterocycles. The van der Waals surface area contributed by atoms with Crippen molar-refractivity contribution in [1.29, 1.82) is 0 Å². The van der Waals surface area contributed by atoms with Crippen molar-refractivity contribution in [3.8, 4) is 0 Å². The average Bonchev–Trinajstić information content (AvgIpc) is 2.45. The first-order valence-corrected chi connectivity index (χ1v) is 8.81. The predicted octanol–water partition coefficient (Wildman–Crippen LogP) is 4.24. The van der Waals surface area contributed by atoms with Gasteiger partial charge in [0, 0.05) is 0 Å². The van der Waals surface area contributed by atoms with E-state index in [0.717, 1.165) is 18.4 Å². The van der Waals surface area contributed by atoms with E-state index in [1.807, 2.05) is 30.3 Å². The summed E-state index contributed by atoms with van der Waals surface area (Å²) in [6.45, 7) is 2.06. The Kier molecular flexibility index (Phi) is 5.35. The van der Waals surface area contributed by atoms with Gasteiger partial charge in [0.25, 0.3) is 0 Å². The number of hydrogen-bond donors (Lipinski definition) is 2. The molecule has 0 aliphatic heterocycles. The molecule has 0 fully saturated rings. The number of aryl methyl sites for hydroxylation is 2. The number of hydrogen-bond acceptors (Lipinski definition) is 1. The van der Waals surface area contributed by atoms with Crippen LogP contribution >= 0.6 is 7.60 Å². The molecule has 0 aliphatic carbocycles. The van der Waals surface area contributed by atoms with E-state index >= 15 is 0 Å². The molecule has 2 aromatic carbocycles. The van der Waals surface area contributed by atoms with Crippen LogP contribution in [0.1, 0.15) is 35.2 Å². The Morgan fingerprint density at radius 3 is 2.24 bits per heavy atom. The van der Waals surface area contributed by atoms with E-state index in [-0.39, 0.29) is 0 Å². The van der Waals surface area contributed by atoms with Gasteiger partial charge in [-0.3, -0.25) is 4.57 Å². The van der Waals surface area contributed by atoms with Crippen molar-refractivity contribution >= 4 is 7.60 Å². The van der Waals surface area contributed by atoms with E-state index in [1.54, 1.807) is 12.1 Å². The molecular weight excluding hydrogens is 283 g/mol. The van der Waals surface area contributed by atoms with Crippen LogP contribution in [0, 0.1) is 6.92 Å². The largest absolute Gasteiger partial charge is 0.332 e. The van der Waals surface area contributed by atoms with E-state index in [1.165, 1.54) is 11.1 Å². The monoisotopic (exact) mass is 304 g/mol. The molecule has 3 nitrogen and oxygen atoms in total. The lowest BCUT2D eigenvalue weighted by Crippen LogP contribution is -2.01. The second kappa shape index (κ2) is 7.04. The zero-order valence-electron chi connectivity index (χ0n) is 12.1. The summed E-state index contributed by atoms with van der Waals surface area (Å²) in [5.41, 5.74) is 2.48. The lowest BCUT2D eigenvalue weighted by molar-refractivity contribution is 0.354. The molecule has 0 saturated carbocycles. The standard InChI is InChI=1S/C17H21O3P/c1-14-8-5-6-9-15(14)12-7-13-17(21(18,19)20)16-10-3-2-4-11-16/h2-6,8-11,17H,7,12-13H2,1H3,(H2,18,19,20). The van der Waals surface area contributed by atoms with E-state index < -0.39 is 13.3 Å². The van der Waals surface area contributed by atoms with Crippen LogP contribution in [0.4, 0.5) is 0 Å². The third-order valence-electron chi connectivity index (χ3n) is 3.78. The lowest BCUT2D eigenvalue weighted by atomic mass is 10.0. The van der Waals surface area contributed by atoms with Crippen LogP contribution in [0.15, 0.2) is 54.6 Å².